The summed E-state index contributed by atoms with van der Waals surface area (Å²) in [6.45, 7) is 1.93. The van der Waals surface area contributed by atoms with Crippen molar-refractivity contribution in [1.29, 1.82) is 0 Å². The molecule has 0 saturated carbocycles. The molecule has 0 unspecified atom stereocenters. The van der Waals surface area contributed by atoms with E-state index in [1.54, 1.807) is 7.11 Å². The first-order valence-corrected chi connectivity index (χ1v) is 6.33. The van der Waals surface area contributed by atoms with Crippen LogP contribution in [-0.2, 0) is 0 Å². The van der Waals surface area contributed by atoms with Crippen LogP contribution in [0.3, 0.4) is 0 Å². The molecule has 1 aromatic carbocycles. The lowest BCUT2D eigenvalue weighted by atomic mass is 10.1. The topological polar surface area (TPSA) is 33.6 Å². The van der Waals surface area contributed by atoms with Gasteiger partial charge in [0, 0.05) is 0 Å². The standard InChI is InChI=1S/C11H14N2OS2/c1-8(12-13-11(15)16-3)9-4-6-10(14-2)7-5-9/h4-7H,1-3H3,(H,13,15)/b12-8+. The Hall–Kier alpha value is -1.07. The first-order chi connectivity index (χ1) is 7.67. The number of hydrogen-bond acceptors (Lipinski definition) is 4. The van der Waals surface area contributed by atoms with Gasteiger partial charge in [-0.1, -0.05) is 24.0 Å². The van der Waals surface area contributed by atoms with E-state index in [1.165, 1.54) is 11.8 Å². The van der Waals surface area contributed by atoms with E-state index in [4.69, 9.17) is 17.0 Å². The van der Waals surface area contributed by atoms with Crippen LogP contribution in [0, 0.1) is 0 Å². The van der Waals surface area contributed by atoms with Gasteiger partial charge < -0.3 is 4.74 Å². The van der Waals surface area contributed by atoms with Crippen LogP contribution in [0.5, 0.6) is 5.75 Å². The Morgan fingerprint density at radius 1 is 1.38 bits per heavy atom. The highest BCUT2D eigenvalue weighted by Crippen LogP contribution is 2.11. The molecule has 0 fully saturated rings. The Labute approximate surface area is 105 Å². The molecule has 0 saturated heterocycles. The second-order valence-electron chi connectivity index (χ2n) is 3.03. The smallest absolute Gasteiger partial charge is 0.153 e. The minimum Gasteiger partial charge on any atom is -0.497 e. The predicted molar refractivity (Wildman–Crippen MR) is 74.5 cm³/mol. The fraction of sp³-hybridized carbons (Fsp3) is 0.273. The quantitative estimate of drug-likeness (QED) is 0.511. The third-order valence-corrected chi connectivity index (χ3v) is 3.06. The van der Waals surface area contributed by atoms with Gasteiger partial charge in [0.05, 0.1) is 12.8 Å². The Bertz CT molecular complexity index is 387. The van der Waals surface area contributed by atoms with Gasteiger partial charge in [-0.2, -0.15) is 5.10 Å². The van der Waals surface area contributed by atoms with Crippen molar-refractivity contribution in [3.05, 3.63) is 29.8 Å². The molecular weight excluding hydrogens is 240 g/mol. The minimum atomic E-state index is 0.660. The molecule has 0 heterocycles. The number of methoxy groups -OCH3 is 1. The van der Waals surface area contributed by atoms with Crippen molar-refractivity contribution >= 4 is 34.0 Å². The van der Waals surface area contributed by atoms with Crippen molar-refractivity contribution in [2.75, 3.05) is 13.4 Å². The lowest BCUT2D eigenvalue weighted by Gasteiger charge is -2.04. The van der Waals surface area contributed by atoms with E-state index in [-0.39, 0.29) is 0 Å². The lowest BCUT2D eigenvalue weighted by Crippen LogP contribution is -2.13. The highest BCUT2D eigenvalue weighted by Gasteiger charge is 1.98. The van der Waals surface area contributed by atoms with Crippen molar-refractivity contribution in [2.45, 2.75) is 6.92 Å². The largest absolute Gasteiger partial charge is 0.497 e. The minimum absolute atomic E-state index is 0.660. The molecule has 0 aromatic heterocycles. The molecule has 0 aliphatic carbocycles. The van der Waals surface area contributed by atoms with Crippen LogP contribution in [0.15, 0.2) is 29.4 Å². The summed E-state index contributed by atoms with van der Waals surface area (Å²) in [6, 6.07) is 7.73. The summed E-state index contributed by atoms with van der Waals surface area (Å²) >= 11 is 6.45. The van der Waals surface area contributed by atoms with Crippen molar-refractivity contribution in [3.63, 3.8) is 0 Å². The zero-order valence-electron chi connectivity index (χ0n) is 9.48. The van der Waals surface area contributed by atoms with E-state index in [1.807, 2.05) is 37.4 Å². The molecule has 0 aliphatic rings. The molecule has 0 amide bonds. The van der Waals surface area contributed by atoms with Gasteiger partial charge >= 0.3 is 0 Å². The van der Waals surface area contributed by atoms with Crippen LogP contribution < -0.4 is 10.2 Å². The second-order valence-corrected chi connectivity index (χ2v) is 4.51. The van der Waals surface area contributed by atoms with Crippen molar-refractivity contribution < 1.29 is 4.74 Å². The van der Waals surface area contributed by atoms with Crippen LogP contribution >= 0.6 is 24.0 Å². The summed E-state index contributed by atoms with van der Waals surface area (Å²) in [7, 11) is 1.65. The van der Waals surface area contributed by atoms with Gasteiger partial charge in [-0.15, -0.1) is 0 Å². The van der Waals surface area contributed by atoms with E-state index in [0.717, 1.165) is 17.0 Å². The van der Waals surface area contributed by atoms with E-state index in [2.05, 4.69) is 10.5 Å². The van der Waals surface area contributed by atoms with E-state index in [9.17, 15) is 0 Å². The van der Waals surface area contributed by atoms with Crippen molar-refractivity contribution in [3.8, 4) is 5.75 Å². The highest BCUT2D eigenvalue weighted by atomic mass is 32.2. The fourth-order valence-corrected chi connectivity index (χ4v) is 1.25. The molecule has 1 aromatic rings. The first-order valence-electron chi connectivity index (χ1n) is 4.70. The number of thioether (sulfide) groups is 1. The maximum absolute atomic E-state index is 5.08. The molecule has 0 spiro atoms. The molecule has 0 radical (unpaired) electrons. The number of nitrogens with one attached hydrogen (secondary N) is 1. The molecule has 5 heteroatoms. The first kappa shape index (κ1) is 13.0. The number of hydrazone groups is 1. The number of nitrogens with zero attached hydrogens (tertiary/aromatic N) is 1. The van der Waals surface area contributed by atoms with Crippen LogP contribution in [-0.4, -0.2) is 23.4 Å². The number of benzene rings is 1. The Morgan fingerprint density at radius 3 is 2.50 bits per heavy atom. The molecule has 16 heavy (non-hydrogen) atoms. The molecule has 3 nitrogen and oxygen atoms in total. The van der Waals surface area contributed by atoms with Gasteiger partial charge in [0.25, 0.3) is 0 Å². The SMILES string of the molecule is COc1ccc(/C(C)=N/NC(=S)SC)cc1. The lowest BCUT2D eigenvalue weighted by molar-refractivity contribution is 0.415. The van der Waals surface area contributed by atoms with Gasteiger partial charge in [-0.25, -0.2) is 0 Å². The third kappa shape index (κ3) is 3.83. The van der Waals surface area contributed by atoms with E-state index >= 15 is 0 Å². The summed E-state index contributed by atoms with van der Waals surface area (Å²) in [5.41, 5.74) is 4.74. The van der Waals surface area contributed by atoms with Crippen LogP contribution in [0.2, 0.25) is 0 Å². The zero-order chi connectivity index (χ0) is 12.0. The number of ether oxygens (including phenoxy) is 1. The molecule has 0 aliphatic heterocycles. The zero-order valence-corrected chi connectivity index (χ0v) is 11.1. The normalized spacial score (nSPS) is 11.1. The van der Waals surface area contributed by atoms with Crippen LogP contribution in [0.1, 0.15) is 12.5 Å². The maximum atomic E-state index is 5.08. The average molecular weight is 254 g/mol. The van der Waals surface area contributed by atoms with E-state index in [0.29, 0.717) is 4.32 Å². The summed E-state index contributed by atoms with van der Waals surface area (Å²) in [5, 5.41) is 4.18. The molecule has 1 N–H and O–H groups in total. The second kappa shape index (κ2) is 6.50. The Morgan fingerprint density at radius 2 is 2.00 bits per heavy atom. The molecule has 0 atom stereocenters. The molecular formula is C11H14N2OS2. The van der Waals surface area contributed by atoms with Gasteiger partial charge in [-0.05, 0) is 43.0 Å². The number of thiocarbonyl (C=S) groups is 1. The van der Waals surface area contributed by atoms with Crippen molar-refractivity contribution in [1.82, 2.24) is 5.43 Å². The van der Waals surface area contributed by atoms with Gasteiger partial charge in [0.1, 0.15) is 5.75 Å². The fourth-order valence-electron chi connectivity index (χ4n) is 1.07. The monoisotopic (exact) mass is 254 g/mol. The molecule has 1 rings (SSSR count). The summed E-state index contributed by atoms with van der Waals surface area (Å²) in [6.07, 6.45) is 1.91. The summed E-state index contributed by atoms with van der Waals surface area (Å²) in [5.74, 6) is 0.837. The summed E-state index contributed by atoms with van der Waals surface area (Å²) < 4.78 is 5.74. The Balaban J connectivity index is 2.71. The average Bonchev–Trinajstić information content (AvgIpc) is 2.35. The van der Waals surface area contributed by atoms with Gasteiger partial charge in [0.2, 0.25) is 0 Å². The van der Waals surface area contributed by atoms with Gasteiger partial charge in [0.15, 0.2) is 4.32 Å². The molecule has 86 valence electrons. The van der Waals surface area contributed by atoms with Crippen LogP contribution in [0.4, 0.5) is 0 Å². The number of rotatable bonds is 3. The highest BCUT2D eigenvalue weighted by molar-refractivity contribution is 8.22. The Kier molecular flexibility index (Phi) is 5.28. The van der Waals surface area contributed by atoms with E-state index < -0.39 is 0 Å². The summed E-state index contributed by atoms with van der Waals surface area (Å²) in [4.78, 5) is 0. The third-order valence-electron chi connectivity index (χ3n) is 2.01. The molecule has 0 bridgehead atoms. The maximum Gasteiger partial charge on any atom is 0.153 e. The number of hydrogen-bond donors (Lipinski definition) is 1. The predicted octanol–water partition coefficient (Wildman–Crippen LogP) is 2.66. The van der Waals surface area contributed by atoms with Gasteiger partial charge in [-0.3, -0.25) is 5.43 Å². The van der Waals surface area contributed by atoms with Crippen molar-refractivity contribution in [2.24, 2.45) is 5.10 Å². The van der Waals surface area contributed by atoms with Crippen LogP contribution in [0.25, 0.3) is 0 Å².